The molecule has 6 nitrogen and oxygen atoms in total. The number of nitro groups is 1. The predicted octanol–water partition coefficient (Wildman–Crippen LogP) is 3.57. The van der Waals surface area contributed by atoms with Crippen LogP contribution in [0.1, 0.15) is 5.56 Å². The van der Waals surface area contributed by atoms with E-state index < -0.39 is 4.92 Å². The molecule has 0 spiro atoms. The summed E-state index contributed by atoms with van der Waals surface area (Å²) in [6, 6.07) is 13.4. The number of nitro benzene ring substituents is 1. The first-order valence-electron chi connectivity index (χ1n) is 7.28. The molecule has 1 amide bonds. The molecular weight excluding hydrogens is 308 g/mol. The van der Waals surface area contributed by atoms with E-state index in [1.807, 2.05) is 30.3 Å². The van der Waals surface area contributed by atoms with Crippen LogP contribution < -0.4 is 10.1 Å². The van der Waals surface area contributed by atoms with Gasteiger partial charge in [-0.15, -0.1) is 0 Å². The van der Waals surface area contributed by atoms with Crippen molar-refractivity contribution < 1.29 is 14.5 Å². The highest BCUT2D eigenvalue weighted by atomic mass is 16.6. The molecule has 1 aliphatic heterocycles. The van der Waals surface area contributed by atoms with E-state index in [2.05, 4.69) is 5.32 Å². The number of amides is 1. The molecule has 0 saturated carbocycles. The number of carbonyl (C=O) groups excluding carboxylic acids is 1. The van der Waals surface area contributed by atoms with E-state index >= 15 is 0 Å². The molecular formula is C18H14N2O4. The van der Waals surface area contributed by atoms with Crippen LogP contribution in [-0.2, 0) is 4.79 Å². The Hall–Kier alpha value is -3.41. The molecule has 0 saturated heterocycles. The average molecular weight is 322 g/mol. The second-order valence-electron chi connectivity index (χ2n) is 5.18. The zero-order chi connectivity index (χ0) is 16.9. The SMILES string of the molecule is O=C(/C=C/C1=Cc2ccccc2OC1)Nc1cccc([N+](=O)[O-])c1. The Morgan fingerprint density at radius 2 is 2.04 bits per heavy atom. The van der Waals surface area contributed by atoms with Gasteiger partial charge in [-0.1, -0.05) is 30.3 Å². The third-order valence-electron chi connectivity index (χ3n) is 3.43. The first-order chi connectivity index (χ1) is 11.6. The molecule has 0 atom stereocenters. The number of carbonyl (C=O) groups is 1. The van der Waals surface area contributed by atoms with Gasteiger partial charge in [0.15, 0.2) is 0 Å². The molecule has 0 fully saturated rings. The number of fused-ring (bicyclic) bond motifs is 1. The van der Waals surface area contributed by atoms with Gasteiger partial charge in [-0.2, -0.15) is 0 Å². The van der Waals surface area contributed by atoms with Crippen LogP contribution >= 0.6 is 0 Å². The summed E-state index contributed by atoms with van der Waals surface area (Å²) in [7, 11) is 0. The first kappa shape index (κ1) is 15.5. The smallest absolute Gasteiger partial charge is 0.271 e. The fourth-order valence-corrected chi connectivity index (χ4v) is 2.29. The molecule has 0 aliphatic carbocycles. The molecule has 2 aromatic carbocycles. The van der Waals surface area contributed by atoms with Gasteiger partial charge < -0.3 is 10.1 Å². The average Bonchev–Trinajstić information content (AvgIpc) is 2.60. The molecule has 120 valence electrons. The van der Waals surface area contributed by atoms with Crippen molar-refractivity contribution in [1.82, 2.24) is 0 Å². The number of hydrogen-bond donors (Lipinski definition) is 1. The second-order valence-corrected chi connectivity index (χ2v) is 5.18. The van der Waals surface area contributed by atoms with Gasteiger partial charge in [-0.05, 0) is 23.8 Å². The maximum Gasteiger partial charge on any atom is 0.271 e. The Morgan fingerprint density at radius 3 is 2.88 bits per heavy atom. The highest BCUT2D eigenvalue weighted by molar-refractivity contribution is 5.99. The van der Waals surface area contributed by atoms with Crippen LogP contribution in [0.5, 0.6) is 5.75 Å². The monoisotopic (exact) mass is 322 g/mol. The number of non-ortho nitro benzene ring substituents is 1. The number of nitrogens with zero attached hydrogens (tertiary/aromatic N) is 1. The standard InChI is InChI=1S/C18H14N2O4/c21-18(19-15-5-3-6-16(11-15)20(22)23)9-8-13-10-14-4-1-2-7-17(14)24-12-13/h1-11H,12H2,(H,19,21)/b9-8+. The van der Waals surface area contributed by atoms with Gasteiger partial charge in [-0.25, -0.2) is 0 Å². The van der Waals surface area contributed by atoms with Crippen LogP contribution in [0, 0.1) is 10.1 Å². The highest BCUT2D eigenvalue weighted by Crippen LogP contribution is 2.26. The maximum atomic E-state index is 11.9. The van der Waals surface area contributed by atoms with Gasteiger partial charge in [0.05, 0.1) is 4.92 Å². The summed E-state index contributed by atoms with van der Waals surface area (Å²) in [4.78, 5) is 22.2. The molecule has 6 heteroatoms. The summed E-state index contributed by atoms with van der Waals surface area (Å²) in [5.74, 6) is 0.450. The number of para-hydroxylation sites is 1. The van der Waals surface area contributed by atoms with Crippen LogP contribution in [0.4, 0.5) is 11.4 Å². The second kappa shape index (κ2) is 6.78. The van der Waals surface area contributed by atoms with Crippen molar-refractivity contribution in [2.75, 3.05) is 11.9 Å². The molecule has 0 unspecified atom stereocenters. The molecule has 0 bridgehead atoms. The molecule has 24 heavy (non-hydrogen) atoms. The highest BCUT2D eigenvalue weighted by Gasteiger charge is 2.09. The normalized spacial score (nSPS) is 12.9. The van der Waals surface area contributed by atoms with Gasteiger partial charge in [-0.3, -0.25) is 14.9 Å². The van der Waals surface area contributed by atoms with E-state index in [1.54, 1.807) is 12.1 Å². The summed E-state index contributed by atoms with van der Waals surface area (Å²) in [5.41, 5.74) is 2.13. The molecule has 0 radical (unpaired) electrons. The van der Waals surface area contributed by atoms with E-state index in [-0.39, 0.29) is 11.6 Å². The molecule has 2 aromatic rings. The Balaban J connectivity index is 1.67. The van der Waals surface area contributed by atoms with Crippen molar-refractivity contribution >= 4 is 23.4 Å². The molecule has 1 N–H and O–H groups in total. The number of benzene rings is 2. The zero-order valence-corrected chi connectivity index (χ0v) is 12.6. The summed E-state index contributed by atoms with van der Waals surface area (Å²) in [5, 5.41) is 13.3. The largest absolute Gasteiger partial charge is 0.488 e. The van der Waals surface area contributed by atoms with E-state index in [9.17, 15) is 14.9 Å². The molecule has 1 aliphatic rings. The minimum Gasteiger partial charge on any atom is -0.488 e. The van der Waals surface area contributed by atoms with Gasteiger partial charge in [0.1, 0.15) is 12.4 Å². The van der Waals surface area contributed by atoms with E-state index in [0.29, 0.717) is 12.3 Å². The zero-order valence-electron chi connectivity index (χ0n) is 12.6. The fourth-order valence-electron chi connectivity index (χ4n) is 2.29. The Labute approximate surface area is 138 Å². The Kier molecular flexibility index (Phi) is 4.38. The van der Waals surface area contributed by atoms with Gasteiger partial charge >= 0.3 is 0 Å². The van der Waals surface area contributed by atoms with Crippen molar-refractivity contribution in [3.05, 3.63) is 81.9 Å². The third-order valence-corrected chi connectivity index (χ3v) is 3.43. The van der Waals surface area contributed by atoms with Crippen LogP contribution in [0.25, 0.3) is 6.08 Å². The van der Waals surface area contributed by atoms with Crippen molar-refractivity contribution in [2.24, 2.45) is 0 Å². The van der Waals surface area contributed by atoms with E-state index in [4.69, 9.17) is 4.74 Å². The number of hydrogen-bond acceptors (Lipinski definition) is 4. The van der Waals surface area contributed by atoms with E-state index in [0.717, 1.165) is 16.9 Å². The van der Waals surface area contributed by atoms with Crippen molar-refractivity contribution in [2.45, 2.75) is 0 Å². The van der Waals surface area contributed by atoms with Gasteiger partial charge in [0.2, 0.25) is 5.91 Å². The lowest BCUT2D eigenvalue weighted by atomic mass is 10.1. The lowest BCUT2D eigenvalue weighted by molar-refractivity contribution is -0.384. The fraction of sp³-hybridized carbons (Fsp3) is 0.0556. The summed E-state index contributed by atoms with van der Waals surface area (Å²) in [6.45, 7) is 0.387. The van der Waals surface area contributed by atoms with Gasteiger partial charge in [0, 0.05) is 29.5 Å². The summed E-state index contributed by atoms with van der Waals surface area (Å²) >= 11 is 0. The molecule has 0 aromatic heterocycles. The maximum absolute atomic E-state index is 11.9. The topological polar surface area (TPSA) is 81.5 Å². The summed E-state index contributed by atoms with van der Waals surface area (Å²) in [6.07, 6.45) is 5.00. The minimum atomic E-state index is -0.507. The third kappa shape index (κ3) is 3.67. The van der Waals surface area contributed by atoms with Gasteiger partial charge in [0.25, 0.3) is 5.69 Å². The minimum absolute atomic E-state index is 0.0724. The van der Waals surface area contributed by atoms with Crippen LogP contribution in [0.15, 0.2) is 66.3 Å². The van der Waals surface area contributed by atoms with Crippen LogP contribution in [0.2, 0.25) is 0 Å². The van der Waals surface area contributed by atoms with E-state index in [1.165, 1.54) is 24.3 Å². The number of anilines is 1. The molecule has 1 heterocycles. The Bertz CT molecular complexity index is 856. The van der Waals surface area contributed by atoms with Crippen LogP contribution in [0.3, 0.4) is 0 Å². The van der Waals surface area contributed by atoms with Crippen molar-refractivity contribution in [1.29, 1.82) is 0 Å². The first-order valence-corrected chi connectivity index (χ1v) is 7.28. The molecule has 3 rings (SSSR count). The quantitative estimate of drug-likeness (QED) is 0.530. The van der Waals surface area contributed by atoms with Crippen molar-refractivity contribution in [3.63, 3.8) is 0 Å². The summed E-state index contributed by atoms with van der Waals surface area (Å²) < 4.78 is 5.60. The van der Waals surface area contributed by atoms with Crippen molar-refractivity contribution in [3.8, 4) is 5.75 Å². The van der Waals surface area contributed by atoms with Crippen LogP contribution in [-0.4, -0.2) is 17.4 Å². The lowest BCUT2D eigenvalue weighted by Crippen LogP contribution is -2.09. The number of rotatable bonds is 4. The number of ether oxygens (including phenoxy) is 1. The predicted molar refractivity (Wildman–Crippen MR) is 90.8 cm³/mol. The Morgan fingerprint density at radius 1 is 1.21 bits per heavy atom. The lowest BCUT2D eigenvalue weighted by Gasteiger charge is -2.15. The number of nitrogens with one attached hydrogen (secondary N) is 1.